The van der Waals surface area contributed by atoms with Gasteiger partial charge in [0.1, 0.15) is 18.1 Å². The normalized spacial score (nSPS) is 10.2. The molecule has 0 spiro atoms. The number of methoxy groups -OCH3 is 1. The molecule has 3 N–H and O–H groups in total. The van der Waals surface area contributed by atoms with Crippen LogP contribution >= 0.6 is 27.3 Å². The highest BCUT2D eigenvalue weighted by Gasteiger charge is 2.10. The minimum Gasteiger partial charge on any atom is -0.497 e. The molecular formula is C12H12BrN3O3S. The molecule has 0 bridgehead atoms. The molecule has 0 saturated carbocycles. The summed E-state index contributed by atoms with van der Waals surface area (Å²) in [5.41, 5.74) is 2.70. The smallest absolute Gasteiger partial charge is 0.294 e. The van der Waals surface area contributed by atoms with Crippen molar-refractivity contribution in [3.63, 3.8) is 0 Å². The Morgan fingerprint density at radius 1 is 1.55 bits per heavy atom. The molecule has 0 unspecified atom stereocenters. The Balaban J connectivity index is 2.01. The topological polar surface area (TPSA) is 86.5 Å². The van der Waals surface area contributed by atoms with Gasteiger partial charge in [-0.1, -0.05) is 0 Å². The van der Waals surface area contributed by atoms with E-state index in [4.69, 9.17) is 15.3 Å². The van der Waals surface area contributed by atoms with E-state index in [1.807, 2.05) is 11.5 Å². The predicted molar refractivity (Wildman–Crippen MR) is 78.8 cm³/mol. The summed E-state index contributed by atoms with van der Waals surface area (Å²) in [5.74, 6) is 6.04. The van der Waals surface area contributed by atoms with E-state index in [-0.39, 0.29) is 6.61 Å². The number of hydrogen-bond acceptors (Lipinski definition) is 6. The molecule has 0 radical (unpaired) electrons. The molecule has 1 amide bonds. The van der Waals surface area contributed by atoms with Crippen LogP contribution in [0.25, 0.3) is 0 Å². The number of hydrazine groups is 1. The van der Waals surface area contributed by atoms with Crippen molar-refractivity contribution in [2.45, 2.75) is 6.61 Å². The maximum atomic E-state index is 11.3. The van der Waals surface area contributed by atoms with Crippen LogP contribution in [-0.2, 0) is 6.61 Å². The van der Waals surface area contributed by atoms with Crippen LogP contribution in [0.3, 0.4) is 0 Å². The van der Waals surface area contributed by atoms with Gasteiger partial charge in [-0.3, -0.25) is 10.2 Å². The molecule has 1 aromatic heterocycles. The lowest BCUT2D eigenvalue weighted by molar-refractivity contribution is 0.0953. The molecule has 20 heavy (non-hydrogen) atoms. The van der Waals surface area contributed by atoms with Gasteiger partial charge in [-0.2, -0.15) is 0 Å². The average molecular weight is 358 g/mol. The molecule has 0 saturated heterocycles. The van der Waals surface area contributed by atoms with Gasteiger partial charge in [0, 0.05) is 5.38 Å². The van der Waals surface area contributed by atoms with E-state index in [2.05, 4.69) is 20.9 Å². The second-order valence-electron chi connectivity index (χ2n) is 3.70. The van der Waals surface area contributed by atoms with Crippen LogP contribution in [0, 0.1) is 0 Å². The zero-order valence-electron chi connectivity index (χ0n) is 10.6. The Morgan fingerprint density at radius 2 is 2.35 bits per heavy atom. The van der Waals surface area contributed by atoms with Crippen molar-refractivity contribution in [3.8, 4) is 11.5 Å². The average Bonchev–Trinajstić information content (AvgIpc) is 2.94. The fourth-order valence-electron chi connectivity index (χ4n) is 1.42. The molecular weight excluding hydrogens is 346 g/mol. The highest BCUT2D eigenvalue weighted by molar-refractivity contribution is 9.10. The van der Waals surface area contributed by atoms with Crippen LogP contribution in [-0.4, -0.2) is 18.0 Å². The van der Waals surface area contributed by atoms with Gasteiger partial charge in [-0.15, -0.1) is 11.3 Å². The summed E-state index contributed by atoms with van der Waals surface area (Å²) in [6.45, 7) is 0.263. The number of benzene rings is 1. The van der Waals surface area contributed by atoms with Crippen molar-refractivity contribution in [2.24, 2.45) is 5.84 Å². The van der Waals surface area contributed by atoms with Gasteiger partial charge in [0.15, 0.2) is 5.01 Å². The summed E-state index contributed by atoms with van der Waals surface area (Å²) in [4.78, 5) is 15.4. The van der Waals surface area contributed by atoms with Crippen LogP contribution in [0.5, 0.6) is 11.5 Å². The van der Waals surface area contributed by atoms with Crippen LogP contribution in [0.4, 0.5) is 0 Å². The molecule has 0 aliphatic rings. The Labute approximate surface area is 128 Å². The molecule has 0 atom stereocenters. The standard InChI is InChI=1S/C12H12BrN3O3S/c1-18-8-2-3-10(9(13)4-8)19-5-7-6-20-12(15-7)11(17)16-14/h2-4,6H,5,14H2,1H3,(H,16,17). The molecule has 0 fully saturated rings. The Morgan fingerprint density at radius 3 is 3.00 bits per heavy atom. The third kappa shape index (κ3) is 3.47. The molecule has 2 rings (SSSR count). The second-order valence-corrected chi connectivity index (χ2v) is 5.41. The summed E-state index contributed by atoms with van der Waals surface area (Å²) < 4.78 is 11.5. The van der Waals surface area contributed by atoms with E-state index in [9.17, 15) is 4.79 Å². The summed E-state index contributed by atoms with van der Waals surface area (Å²) in [5, 5.41) is 2.06. The predicted octanol–water partition coefficient (Wildman–Crippen LogP) is 2.10. The Kier molecular flexibility index (Phi) is 4.94. The minimum atomic E-state index is -0.410. The first-order valence-corrected chi connectivity index (χ1v) is 7.23. The first kappa shape index (κ1) is 14.8. The van der Waals surface area contributed by atoms with E-state index in [0.29, 0.717) is 16.5 Å². The number of nitrogens with one attached hydrogen (secondary N) is 1. The monoisotopic (exact) mass is 357 g/mol. The summed E-state index contributed by atoms with van der Waals surface area (Å²) in [7, 11) is 1.60. The number of amides is 1. The number of carbonyl (C=O) groups excluding carboxylic acids is 1. The summed E-state index contributed by atoms with van der Waals surface area (Å²) in [6.07, 6.45) is 0. The molecule has 1 aromatic carbocycles. The molecule has 0 aliphatic heterocycles. The third-order valence-corrected chi connectivity index (χ3v) is 3.90. The molecule has 8 heteroatoms. The highest BCUT2D eigenvalue weighted by atomic mass is 79.9. The number of halogens is 1. The number of carbonyl (C=O) groups is 1. The van der Waals surface area contributed by atoms with E-state index < -0.39 is 5.91 Å². The van der Waals surface area contributed by atoms with E-state index in [1.165, 1.54) is 11.3 Å². The van der Waals surface area contributed by atoms with Gasteiger partial charge in [0.05, 0.1) is 17.3 Å². The van der Waals surface area contributed by atoms with Gasteiger partial charge in [0.25, 0.3) is 5.91 Å². The van der Waals surface area contributed by atoms with Crippen molar-refractivity contribution in [3.05, 3.63) is 38.8 Å². The lowest BCUT2D eigenvalue weighted by Crippen LogP contribution is -2.29. The summed E-state index contributed by atoms with van der Waals surface area (Å²) in [6, 6.07) is 5.40. The number of aromatic nitrogens is 1. The van der Waals surface area contributed by atoms with Gasteiger partial charge in [-0.05, 0) is 34.1 Å². The van der Waals surface area contributed by atoms with Crippen LogP contribution in [0.15, 0.2) is 28.1 Å². The number of thiazole rings is 1. The fraction of sp³-hybridized carbons (Fsp3) is 0.167. The Bertz CT molecular complexity index is 618. The van der Waals surface area contributed by atoms with Crippen molar-refractivity contribution in [1.82, 2.24) is 10.4 Å². The van der Waals surface area contributed by atoms with Gasteiger partial charge in [-0.25, -0.2) is 10.8 Å². The number of rotatable bonds is 5. The van der Waals surface area contributed by atoms with Gasteiger partial charge < -0.3 is 9.47 Å². The molecule has 106 valence electrons. The van der Waals surface area contributed by atoms with Crippen LogP contribution in [0.1, 0.15) is 15.5 Å². The number of hydrogen-bond donors (Lipinski definition) is 2. The second kappa shape index (κ2) is 6.69. The number of ether oxygens (including phenoxy) is 2. The van der Waals surface area contributed by atoms with E-state index in [0.717, 1.165) is 10.2 Å². The fourth-order valence-corrected chi connectivity index (χ4v) is 2.59. The van der Waals surface area contributed by atoms with Gasteiger partial charge in [0.2, 0.25) is 0 Å². The van der Waals surface area contributed by atoms with Crippen molar-refractivity contribution in [1.29, 1.82) is 0 Å². The summed E-state index contributed by atoms with van der Waals surface area (Å²) >= 11 is 4.61. The Hall–Kier alpha value is -1.64. The van der Waals surface area contributed by atoms with Crippen LogP contribution in [0.2, 0.25) is 0 Å². The SMILES string of the molecule is COc1ccc(OCc2csc(C(=O)NN)n2)c(Br)c1. The quantitative estimate of drug-likeness (QED) is 0.486. The minimum absolute atomic E-state index is 0.263. The van der Waals surface area contributed by atoms with Gasteiger partial charge >= 0.3 is 0 Å². The highest BCUT2D eigenvalue weighted by Crippen LogP contribution is 2.29. The lowest BCUT2D eigenvalue weighted by Gasteiger charge is -2.08. The lowest BCUT2D eigenvalue weighted by atomic mass is 10.3. The maximum absolute atomic E-state index is 11.3. The first-order chi connectivity index (χ1) is 9.63. The number of nitrogens with zero attached hydrogens (tertiary/aromatic N) is 1. The zero-order valence-corrected chi connectivity index (χ0v) is 13.0. The zero-order chi connectivity index (χ0) is 14.5. The third-order valence-electron chi connectivity index (χ3n) is 2.39. The largest absolute Gasteiger partial charge is 0.497 e. The van der Waals surface area contributed by atoms with Crippen molar-refractivity contribution < 1.29 is 14.3 Å². The molecule has 6 nitrogen and oxygen atoms in total. The van der Waals surface area contributed by atoms with E-state index >= 15 is 0 Å². The molecule has 2 aromatic rings. The maximum Gasteiger partial charge on any atom is 0.294 e. The number of nitrogen functional groups attached to an aromatic ring is 1. The van der Waals surface area contributed by atoms with Crippen molar-refractivity contribution in [2.75, 3.05) is 7.11 Å². The van der Waals surface area contributed by atoms with Crippen LogP contribution < -0.4 is 20.7 Å². The molecule has 1 heterocycles. The van der Waals surface area contributed by atoms with Crippen molar-refractivity contribution >= 4 is 33.2 Å². The number of nitrogens with two attached hydrogens (primary N) is 1. The molecule has 0 aliphatic carbocycles. The first-order valence-electron chi connectivity index (χ1n) is 5.55. The van der Waals surface area contributed by atoms with E-state index in [1.54, 1.807) is 24.6 Å².